The van der Waals surface area contributed by atoms with E-state index >= 15 is 0 Å². The van der Waals surface area contributed by atoms with E-state index in [4.69, 9.17) is 0 Å². The zero-order valence-corrected chi connectivity index (χ0v) is 18.2. The van der Waals surface area contributed by atoms with Gasteiger partial charge in [0, 0.05) is 51.0 Å². The molecule has 0 aromatic carbocycles. The monoisotopic (exact) mass is 444 g/mol. The van der Waals surface area contributed by atoms with Gasteiger partial charge in [-0.15, -0.1) is 0 Å². The zero-order chi connectivity index (χ0) is 21.1. The van der Waals surface area contributed by atoms with Gasteiger partial charge in [-0.2, -0.15) is 4.31 Å². The molecule has 3 heterocycles. The molecule has 2 aliphatic rings. The number of aromatic nitrogens is 1. The second kappa shape index (κ2) is 9.07. The molecule has 11 heteroatoms. The first kappa shape index (κ1) is 22.1. The molecule has 3 rings (SSSR count). The van der Waals surface area contributed by atoms with Crippen LogP contribution in [0.3, 0.4) is 0 Å². The number of carbonyl (C=O) groups excluding carboxylic acids is 1. The number of nitrogens with zero attached hydrogens (tertiary/aromatic N) is 3. The summed E-state index contributed by atoms with van der Waals surface area (Å²) in [6.45, 7) is 2.12. The molecule has 1 aromatic heterocycles. The van der Waals surface area contributed by atoms with Gasteiger partial charge in [-0.1, -0.05) is 0 Å². The Morgan fingerprint density at radius 2 is 1.69 bits per heavy atom. The average Bonchev–Trinajstić information content (AvgIpc) is 2.72. The fourth-order valence-electron chi connectivity index (χ4n) is 3.84. The summed E-state index contributed by atoms with van der Waals surface area (Å²) in [5.74, 6) is 0.0259. The Hall–Kier alpha value is -1.56. The maximum Gasteiger partial charge on any atom is 0.244 e. The minimum Gasteiger partial charge on any atom is -0.356 e. The van der Waals surface area contributed by atoms with Crippen molar-refractivity contribution < 1.29 is 21.6 Å². The lowest BCUT2D eigenvalue weighted by Crippen LogP contribution is -2.45. The van der Waals surface area contributed by atoms with Crippen molar-refractivity contribution in [2.45, 2.75) is 30.6 Å². The molecule has 1 N–H and O–H groups in total. The predicted molar refractivity (Wildman–Crippen MR) is 108 cm³/mol. The first-order valence-electron chi connectivity index (χ1n) is 9.81. The van der Waals surface area contributed by atoms with Gasteiger partial charge in [-0.3, -0.25) is 9.78 Å². The van der Waals surface area contributed by atoms with Crippen molar-refractivity contribution in [3.63, 3.8) is 0 Å². The minimum absolute atomic E-state index is 0.0384. The molecule has 0 radical (unpaired) electrons. The van der Waals surface area contributed by atoms with E-state index in [1.807, 2.05) is 0 Å². The Morgan fingerprint density at radius 3 is 2.24 bits per heavy atom. The van der Waals surface area contributed by atoms with E-state index in [1.165, 1.54) is 21.1 Å². The standard InChI is InChI=1S/C18H28N4O5S2/c1-28(24,25)21-11-6-16(7-12-21)18(23)20-13-15-4-9-22(10-5-15)29(26,27)17-3-2-8-19-14-17/h2-3,8,14-16H,4-7,9-13H2,1H3,(H,20,23). The smallest absolute Gasteiger partial charge is 0.244 e. The summed E-state index contributed by atoms with van der Waals surface area (Å²) in [5.41, 5.74) is 0. The molecule has 0 saturated carbocycles. The number of hydrogen-bond acceptors (Lipinski definition) is 6. The van der Waals surface area contributed by atoms with Crippen LogP contribution >= 0.6 is 0 Å². The Balaban J connectivity index is 1.43. The number of hydrogen-bond donors (Lipinski definition) is 1. The maximum absolute atomic E-state index is 12.6. The number of rotatable bonds is 6. The SMILES string of the molecule is CS(=O)(=O)N1CCC(C(=O)NCC2CCN(S(=O)(=O)c3cccnc3)CC2)CC1. The van der Waals surface area contributed by atoms with Gasteiger partial charge in [0.25, 0.3) is 0 Å². The van der Waals surface area contributed by atoms with Gasteiger partial charge < -0.3 is 5.32 Å². The number of piperidine rings is 2. The van der Waals surface area contributed by atoms with E-state index in [2.05, 4.69) is 10.3 Å². The van der Waals surface area contributed by atoms with Gasteiger partial charge in [0.05, 0.1) is 6.26 Å². The van der Waals surface area contributed by atoms with Gasteiger partial charge in [-0.25, -0.2) is 21.1 Å². The zero-order valence-electron chi connectivity index (χ0n) is 16.5. The van der Waals surface area contributed by atoms with Crippen LogP contribution in [0.15, 0.2) is 29.4 Å². The van der Waals surface area contributed by atoms with Crippen LogP contribution in [-0.4, -0.2) is 75.3 Å². The van der Waals surface area contributed by atoms with Crippen LogP contribution in [0.4, 0.5) is 0 Å². The summed E-state index contributed by atoms with van der Waals surface area (Å²) in [6, 6.07) is 3.15. The third-order valence-corrected chi connectivity index (χ3v) is 8.89. The predicted octanol–water partition coefficient (Wildman–Crippen LogP) is 0.270. The molecule has 1 aromatic rings. The molecule has 0 atom stereocenters. The van der Waals surface area contributed by atoms with Gasteiger partial charge in [-0.05, 0) is 43.7 Å². The van der Waals surface area contributed by atoms with Crippen LogP contribution in [0.2, 0.25) is 0 Å². The highest BCUT2D eigenvalue weighted by Crippen LogP contribution is 2.24. The number of nitrogens with one attached hydrogen (secondary N) is 1. The van der Waals surface area contributed by atoms with Crippen LogP contribution in [-0.2, 0) is 24.8 Å². The highest BCUT2D eigenvalue weighted by molar-refractivity contribution is 7.89. The summed E-state index contributed by atoms with van der Waals surface area (Å²) in [4.78, 5) is 16.5. The van der Waals surface area contributed by atoms with Crippen LogP contribution in [0.1, 0.15) is 25.7 Å². The third-order valence-electron chi connectivity index (χ3n) is 5.70. The lowest BCUT2D eigenvalue weighted by molar-refractivity contribution is -0.126. The van der Waals surface area contributed by atoms with Crippen LogP contribution < -0.4 is 5.32 Å². The van der Waals surface area contributed by atoms with Crippen molar-refractivity contribution >= 4 is 26.0 Å². The van der Waals surface area contributed by atoms with Crippen molar-refractivity contribution in [2.24, 2.45) is 11.8 Å². The van der Waals surface area contributed by atoms with E-state index in [-0.39, 0.29) is 22.6 Å². The summed E-state index contributed by atoms with van der Waals surface area (Å²) >= 11 is 0. The molecule has 2 fully saturated rings. The largest absolute Gasteiger partial charge is 0.356 e. The van der Waals surface area contributed by atoms with Crippen molar-refractivity contribution in [2.75, 3.05) is 39.0 Å². The number of carbonyl (C=O) groups is 1. The summed E-state index contributed by atoms with van der Waals surface area (Å²) in [5, 5.41) is 2.98. The Labute approximate surface area is 172 Å². The molecular weight excluding hydrogens is 416 g/mol. The molecule has 29 heavy (non-hydrogen) atoms. The molecule has 0 unspecified atom stereocenters. The summed E-state index contributed by atoms with van der Waals surface area (Å²) < 4.78 is 51.3. The van der Waals surface area contributed by atoms with Gasteiger partial charge in [0.2, 0.25) is 26.0 Å². The van der Waals surface area contributed by atoms with Gasteiger partial charge in [0.1, 0.15) is 4.90 Å². The van der Waals surface area contributed by atoms with Crippen molar-refractivity contribution in [3.8, 4) is 0 Å². The molecule has 1 amide bonds. The average molecular weight is 445 g/mol. The second-order valence-corrected chi connectivity index (χ2v) is 11.6. The fraction of sp³-hybridized carbons (Fsp3) is 0.667. The first-order valence-corrected chi connectivity index (χ1v) is 13.1. The second-order valence-electron chi connectivity index (χ2n) is 7.72. The highest BCUT2D eigenvalue weighted by atomic mass is 32.2. The topological polar surface area (TPSA) is 117 Å². The quantitative estimate of drug-likeness (QED) is 0.673. The van der Waals surface area contributed by atoms with Gasteiger partial charge >= 0.3 is 0 Å². The molecule has 9 nitrogen and oxygen atoms in total. The number of pyridine rings is 1. The molecule has 0 bridgehead atoms. The van der Waals surface area contributed by atoms with E-state index < -0.39 is 20.0 Å². The summed E-state index contributed by atoms with van der Waals surface area (Å²) in [6.07, 6.45) is 6.52. The van der Waals surface area contributed by atoms with E-state index in [0.717, 1.165) is 0 Å². The molecule has 162 valence electrons. The van der Waals surface area contributed by atoms with Crippen molar-refractivity contribution in [1.82, 2.24) is 18.9 Å². The first-order chi connectivity index (χ1) is 13.7. The Morgan fingerprint density at radius 1 is 1.07 bits per heavy atom. The van der Waals surface area contributed by atoms with Gasteiger partial charge in [0.15, 0.2) is 0 Å². The van der Waals surface area contributed by atoms with E-state index in [9.17, 15) is 21.6 Å². The maximum atomic E-state index is 12.6. The Bertz CT molecular complexity index is 905. The molecular formula is C18H28N4O5S2. The third kappa shape index (κ3) is 5.53. The van der Waals surface area contributed by atoms with E-state index in [1.54, 1.807) is 18.3 Å². The van der Waals surface area contributed by atoms with Crippen LogP contribution in [0, 0.1) is 11.8 Å². The highest BCUT2D eigenvalue weighted by Gasteiger charge is 2.31. The molecule has 2 saturated heterocycles. The van der Waals surface area contributed by atoms with E-state index in [0.29, 0.717) is 58.4 Å². The number of amides is 1. The normalized spacial score (nSPS) is 21.1. The molecule has 2 aliphatic heterocycles. The van der Waals surface area contributed by atoms with Crippen LogP contribution in [0.25, 0.3) is 0 Å². The lowest BCUT2D eigenvalue weighted by Gasteiger charge is -2.32. The minimum atomic E-state index is -3.52. The molecule has 0 aliphatic carbocycles. The van der Waals surface area contributed by atoms with Crippen molar-refractivity contribution in [1.29, 1.82) is 0 Å². The summed E-state index contributed by atoms with van der Waals surface area (Å²) in [7, 11) is -6.72. The number of sulfonamides is 2. The lowest BCUT2D eigenvalue weighted by atomic mass is 9.95. The Kier molecular flexibility index (Phi) is 6.92. The van der Waals surface area contributed by atoms with Crippen molar-refractivity contribution in [3.05, 3.63) is 24.5 Å². The molecule has 0 spiro atoms. The fourth-order valence-corrected chi connectivity index (χ4v) is 6.15. The van der Waals surface area contributed by atoms with Crippen LogP contribution in [0.5, 0.6) is 0 Å².